The predicted molar refractivity (Wildman–Crippen MR) is 71.4 cm³/mol. The van der Waals surface area contributed by atoms with Crippen LogP contribution in [0.3, 0.4) is 0 Å². The monoisotopic (exact) mass is 290 g/mol. The summed E-state index contributed by atoms with van der Waals surface area (Å²) in [6, 6.07) is 4.62. The molecular weight excluding hydrogens is 272 g/mol. The molecule has 0 saturated heterocycles. The minimum atomic E-state index is 0.368. The van der Waals surface area contributed by atoms with Crippen LogP contribution in [0.2, 0.25) is 0 Å². The van der Waals surface area contributed by atoms with Gasteiger partial charge in [-0.2, -0.15) is 0 Å². The Morgan fingerprint density at radius 3 is 2.73 bits per heavy atom. The summed E-state index contributed by atoms with van der Waals surface area (Å²) in [5.41, 5.74) is 5.84. The first kappa shape index (κ1) is 13.2. The molecule has 2 N–H and O–H groups in total. The van der Waals surface area contributed by atoms with Gasteiger partial charge < -0.3 is 5.73 Å². The molecule has 1 atom stereocenters. The molecule has 0 radical (unpaired) electrons. The van der Waals surface area contributed by atoms with E-state index in [1.165, 1.54) is 21.5 Å². The van der Waals surface area contributed by atoms with E-state index in [1.807, 2.05) is 0 Å². The van der Waals surface area contributed by atoms with Crippen molar-refractivity contribution in [1.29, 1.82) is 0 Å². The van der Waals surface area contributed by atoms with Gasteiger partial charge in [0.25, 0.3) is 0 Å². The lowest BCUT2D eigenvalue weighted by molar-refractivity contribution is 0.250. The minimum absolute atomic E-state index is 0.368. The molecule has 0 aliphatic carbocycles. The van der Waals surface area contributed by atoms with Gasteiger partial charge in [-0.15, -0.1) is 11.3 Å². The van der Waals surface area contributed by atoms with Crippen LogP contribution in [0.15, 0.2) is 15.9 Å². The van der Waals surface area contributed by atoms with Gasteiger partial charge in [-0.05, 0) is 48.1 Å². The maximum Gasteiger partial charge on any atom is 0.0702 e. The van der Waals surface area contributed by atoms with E-state index < -0.39 is 0 Å². The van der Waals surface area contributed by atoms with E-state index in [0.29, 0.717) is 12.6 Å². The zero-order valence-corrected chi connectivity index (χ0v) is 11.8. The SMILES string of the molecule is CCCCN(C)C(CN)c1ccc(Br)s1. The highest BCUT2D eigenvalue weighted by Crippen LogP contribution is 2.29. The van der Waals surface area contributed by atoms with Gasteiger partial charge in [0.05, 0.1) is 9.83 Å². The number of unbranched alkanes of at least 4 members (excludes halogenated alkanes) is 1. The maximum absolute atomic E-state index is 5.84. The van der Waals surface area contributed by atoms with Gasteiger partial charge in [0.1, 0.15) is 0 Å². The van der Waals surface area contributed by atoms with Crippen molar-refractivity contribution in [3.63, 3.8) is 0 Å². The molecule has 1 aromatic heterocycles. The lowest BCUT2D eigenvalue weighted by Crippen LogP contribution is -2.30. The molecule has 1 heterocycles. The number of likely N-dealkylation sites (N-methyl/N-ethyl adjacent to an activating group) is 1. The summed E-state index contributed by atoms with van der Waals surface area (Å²) in [6.45, 7) is 4.02. The second kappa shape index (κ2) is 6.63. The zero-order valence-electron chi connectivity index (χ0n) is 9.37. The van der Waals surface area contributed by atoms with E-state index in [1.54, 1.807) is 11.3 Å². The molecule has 15 heavy (non-hydrogen) atoms. The van der Waals surface area contributed by atoms with Gasteiger partial charge in [0.15, 0.2) is 0 Å². The van der Waals surface area contributed by atoms with Gasteiger partial charge in [0.2, 0.25) is 0 Å². The smallest absolute Gasteiger partial charge is 0.0702 e. The highest BCUT2D eigenvalue weighted by atomic mass is 79.9. The molecule has 0 aliphatic heterocycles. The Morgan fingerprint density at radius 2 is 2.27 bits per heavy atom. The van der Waals surface area contributed by atoms with Gasteiger partial charge in [-0.3, -0.25) is 4.90 Å². The quantitative estimate of drug-likeness (QED) is 0.872. The molecule has 1 aromatic rings. The molecule has 0 bridgehead atoms. The van der Waals surface area contributed by atoms with E-state index >= 15 is 0 Å². The summed E-state index contributed by atoms with van der Waals surface area (Å²) in [7, 11) is 2.15. The van der Waals surface area contributed by atoms with Crippen molar-refractivity contribution in [1.82, 2.24) is 4.90 Å². The Kier molecular flexibility index (Phi) is 5.82. The molecule has 1 unspecified atom stereocenters. The first-order valence-corrected chi connectivity index (χ1v) is 6.95. The van der Waals surface area contributed by atoms with Crippen molar-refractivity contribution in [2.75, 3.05) is 20.1 Å². The third kappa shape index (κ3) is 3.87. The zero-order chi connectivity index (χ0) is 11.3. The molecular formula is C11H19BrN2S. The highest BCUT2D eigenvalue weighted by molar-refractivity contribution is 9.11. The van der Waals surface area contributed by atoms with E-state index in [-0.39, 0.29) is 0 Å². The second-order valence-corrected chi connectivity index (χ2v) is 6.22. The van der Waals surface area contributed by atoms with Crippen LogP contribution in [-0.4, -0.2) is 25.0 Å². The fourth-order valence-electron chi connectivity index (χ4n) is 1.58. The number of halogens is 1. The molecule has 0 spiro atoms. The summed E-state index contributed by atoms with van der Waals surface area (Å²) in [6.07, 6.45) is 2.47. The number of hydrogen-bond donors (Lipinski definition) is 1. The van der Waals surface area contributed by atoms with Gasteiger partial charge in [-0.25, -0.2) is 0 Å². The number of hydrogen-bond acceptors (Lipinski definition) is 3. The summed E-state index contributed by atoms with van der Waals surface area (Å²) in [4.78, 5) is 3.70. The lowest BCUT2D eigenvalue weighted by atomic mass is 10.2. The Hall–Kier alpha value is 0.1000. The van der Waals surface area contributed by atoms with Gasteiger partial charge in [-0.1, -0.05) is 13.3 Å². The molecule has 0 amide bonds. The van der Waals surface area contributed by atoms with E-state index in [9.17, 15) is 0 Å². The Labute approximate surface area is 105 Å². The summed E-state index contributed by atoms with van der Waals surface area (Å²) in [5, 5.41) is 0. The van der Waals surface area contributed by atoms with Crippen molar-refractivity contribution < 1.29 is 0 Å². The van der Waals surface area contributed by atoms with Crippen LogP contribution in [0.5, 0.6) is 0 Å². The standard InChI is InChI=1S/C11H19BrN2S/c1-3-4-7-14(2)9(8-13)10-5-6-11(12)15-10/h5-6,9H,3-4,7-8,13H2,1-2H3. The van der Waals surface area contributed by atoms with Crippen LogP contribution >= 0.6 is 27.3 Å². The van der Waals surface area contributed by atoms with Crippen LogP contribution in [0, 0.1) is 0 Å². The molecule has 0 fully saturated rings. The molecule has 0 aromatic carbocycles. The predicted octanol–water partition coefficient (Wildman–Crippen LogP) is 3.24. The Bertz CT molecular complexity index is 288. The third-order valence-corrected chi connectivity index (χ3v) is 4.27. The maximum atomic E-state index is 5.84. The van der Waals surface area contributed by atoms with Crippen LogP contribution in [0.4, 0.5) is 0 Å². The average molecular weight is 291 g/mol. The van der Waals surface area contributed by atoms with Gasteiger partial charge >= 0.3 is 0 Å². The first-order chi connectivity index (χ1) is 7.19. The summed E-state index contributed by atoms with van der Waals surface area (Å²) >= 11 is 5.27. The van der Waals surface area contributed by atoms with E-state index in [0.717, 1.165) is 6.54 Å². The van der Waals surface area contributed by atoms with Crippen LogP contribution in [-0.2, 0) is 0 Å². The summed E-state index contributed by atoms with van der Waals surface area (Å²) in [5.74, 6) is 0. The molecule has 4 heteroatoms. The average Bonchev–Trinajstić information content (AvgIpc) is 2.63. The molecule has 1 rings (SSSR count). The molecule has 0 saturated carbocycles. The Morgan fingerprint density at radius 1 is 1.53 bits per heavy atom. The van der Waals surface area contributed by atoms with Crippen LogP contribution in [0.25, 0.3) is 0 Å². The van der Waals surface area contributed by atoms with Crippen molar-refractivity contribution in [3.8, 4) is 0 Å². The number of nitrogens with zero attached hydrogens (tertiary/aromatic N) is 1. The number of rotatable bonds is 6. The van der Waals surface area contributed by atoms with E-state index in [4.69, 9.17) is 5.73 Å². The van der Waals surface area contributed by atoms with Crippen molar-refractivity contribution in [2.45, 2.75) is 25.8 Å². The second-order valence-electron chi connectivity index (χ2n) is 3.73. The topological polar surface area (TPSA) is 29.3 Å². The van der Waals surface area contributed by atoms with Crippen molar-refractivity contribution in [3.05, 3.63) is 20.8 Å². The highest BCUT2D eigenvalue weighted by Gasteiger charge is 2.16. The fraction of sp³-hybridized carbons (Fsp3) is 0.636. The lowest BCUT2D eigenvalue weighted by Gasteiger charge is -2.25. The minimum Gasteiger partial charge on any atom is -0.329 e. The number of nitrogens with two attached hydrogens (primary N) is 1. The largest absolute Gasteiger partial charge is 0.329 e. The Balaban J connectivity index is 2.62. The van der Waals surface area contributed by atoms with E-state index in [2.05, 4.69) is 46.9 Å². The van der Waals surface area contributed by atoms with Crippen LogP contribution < -0.4 is 5.73 Å². The van der Waals surface area contributed by atoms with Crippen molar-refractivity contribution >= 4 is 27.3 Å². The van der Waals surface area contributed by atoms with Crippen molar-refractivity contribution in [2.24, 2.45) is 5.73 Å². The molecule has 0 aliphatic rings. The number of thiophene rings is 1. The third-order valence-electron chi connectivity index (χ3n) is 2.54. The molecule has 2 nitrogen and oxygen atoms in total. The summed E-state index contributed by atoms with van der Waals surface area (Å²) < 4.78 is 1.18. The normalized spacial score (nSPS) is 13.4. The fourth-order valence-corrected chi connectivity index (χ4v) is 3.19. The van der Waals surface area contributed by atoms with Crippen LogP contribution in [0.1, 0.15) is 30.7 Å². The van der Waals surface area contributed by atoms with Gasteiger partial charge in [0, 0.05) is 11.4 Å². The molecule has 86 valence electrons. The first-order valence-electron chi connectivity index (χ1n) is 5.34.